The molecule has 19 heavy (non-hydrogen) atoms. The van der Waals surface area contributed by atoms with E-state index in [4.69, 9.17) is 4.74 Å². The van der Waals surface area contributed by atoms with E-state index in [-0.39, 0.29) is 0 Å². The predicted molar refractivity (Wildman–Crippen MR) is 77.7 cm³/mol. The van der Waals surface area contributed by atoms with Gasteiger partial charge in [0.1, 0.15) is 18.0 Å². The molecule has 5 heteroatoms. The second kappa shape index (κ2) is 6.70. The van der Waals surface area contributed by atoms with Crippen LogP contribution in [0.1, 0.15) is 38.7 Å². The van der Waals surface area contributed by atoms with Gasteiger partial charge >= 0.3 is 0 Å². The number of hydrogen-bond acceptors (Lipinski definition) is 5. The molecule has 1 fully saturated rings. The summed E-state index contributed by atoms with van der Waals surface area (Å²) in [4.78, 5) is 8.74. The van der Waals surface area contributed by atoms with Gasteiger partial charge in [-0.1, -0.05) is 13.8 Å². The largest absolute Gasteiger partial charge is 0.381 e. The number of ether oxygens (including phenoxy) is 1. The van der Waals surface area contributed by atoms with Gasteiger partial charge in [0.25, 0.3) is 0 Å². The van der Waals surface area contributed by atoms with Gasteiger partial charge in [-0.3, -0.25) is 0 Å². The van der Waals surface area contributed by atoms with Crippen LogP contribution < -0.4 is 10.6 Å². The van der Waals surface area contributed by atoms with Gasteiger partial charge in [-0.2, -0.15) is 0 Å². The highest BCUT2D eigenvalue weighted by atomic mass is 16.5. The number of aromatic nitrogens is 2. The van der Waals surface area contributed by atoms with Gasteiger partial charge in [0, 0.05) is 31.2 Å². The van der Waals surface area contributed by atoms with Crippen LogP contribution in [0.3, 0.4) is 0 Å². The van der Waals surface area contributed by atoms with Crippen molar-refractivity contribution in [2.75, 3.05) is 36.9 Å². The molecule has 1 atom stereocenters. The highest BCUT2D eigenvalue weighted by molar-refractivity contribution is 5.58. The van der Waals surface area contributed by atoms with E-state index in [9.17, 15) is 0 Å². The number of nitrogens with one attached hydrogen (secondary N) is 2. The van der Waals surface area contributed by atoms with Gasteiger partial charge in [-0.25, -0.2) is 9.97 Å². The van der Waals surface area contributed by atoms with Crippen molar-refractivity contribution >= 4 is 11.6 Å². The van der Waals surface area contributed by atoms with E-state index in [0.717, 1.165) is 44.4 Å². The fourth-order valence-electron chi connectivity index (χ4n) is 2.38. The molecule has 0 aliphatic carbocycles. The minimum absolute atomic E-state index is 0.387. The van der Waals surface area contributed by atoms with Crippen molar-refractivity contribution in [1.82, 2.24) is 9.97 Å². The van der Waals surface area contributed by atoms with Gasteiger partial charge in [0.15, 0.2) is 0 Å². The Bertz CT molecular complexity index is 402. The summed E-state index contributed by atoms with van der Waals surface area (Å²) >= 11 is 0. The van der Waals surface area contributed by atoms with Crippen LogP contribution in [0.5, 0.6) is 0 Å². The van der Waals surface area contributed by atoms with Crippen molar-refractivity contribution in [2.24, 2.45) is 5.92 Å². The van der Waals surface area contributed by atoms with Crippen LogP contribution in [0.4, 0.5) is 11.6 Å². The molecule has 1 unspecified atom stereocenters. The van der Waals surface area contributed by atoms with Crippen LogP contribution in [0.2, 0.25) is 0 Å². The molecular formula is C14H24N4O. The van der Waals surface area contributed by atoms with Gasteiger partial charge in [0.05, 0.1) is 6.61 Å². The molecule has 1 aromatic rings. The number of nitrogens with zero attached hydrogens (tertiary/aromatic N) is 2. The quantitative estimate of drug-likeness (QED) is 0.826. The maximum atomic E-state index is 5.40. The van der Waals surface area contributed by atoms with Crippen LogP contribution in [0.15, 0.2) is 6.33 Å². The van der Waals surface area contributed by atoms with E-state index >= 15 is 0 Å². The molecule has 1 aromatic heterocycles. The summed E-state index contributed by atoms with van der Waals surface area (Å²) in [5.74, 6) is 2.88. The van der Waals surface area contributed by atoms with Crippen molar-refractivity contribution in [1.29, 1.82) is 0 Å². The highest BCUT2D eigenvalue weighted by Gasteiger charge is 2.18. The third-order valence-corrected chi connectivity index (χ3v) is 3.39. The highest BCUT2D eigenvalue weighted by Crippen LogP contribution is 2.28. The smallest absolute Gasteiger partial charge is 0.134 e. The van der Waals surface area contributed by atoms with Crippen molar-refractivity contribution in [2.45, 2.75) is 33.1 Å². The first-order valence-electron chi connectivity index (χ1n) is 7.12. The molecule has 1 saturated heterocycles. The van der Waals surface area contributed by atoms with Crippen LogP contribution in [0, 0.1) is 5.92 Å². The number of anilines is 2. The van der Waals surface area contributed by atoms with E-state index < -0.39 is 0 Å². The van der Waals surface area contributed by atoms with Crippen molar-refractivity contribution in [3.05, 3.63) is 11.9 Å². The van der Waals surface area contributed by atoms with Crippen LogP contribution >= 0.6 is 0 Å². The molecule has 0 saturated carbocycles. The SMILES string of the molecule is CCNc1ncnc(NCC2CCOC2)c1C(C)C. The zero-order valence-electron chi connectivity index (χ0n) is 12.1. The Morgan fingerprint density at radius 3 is 2.63 bits per heavy atom. The first-order chi connectivity index (χ1) is 9.22. The summed E-state index contributed by atoms with van der Waals surface area (Å²) in [6.07, 6.45) is 2.76. The standard InChI is InChI=1S/C14H24N4O/c1-4-15-13-12(10(2)3)14(18-9-17-13)16-7-11-5-6-19-8-11/h9-11H,4-8H2,1-3H3,(H2,15,16,17,18). The maximum Gasteiger partial charge on any atom is 0.134 e. The molecule has 0 aromatic carbocycles. The first-order valence-corrected chi connectivity index (χ1v) is 7.12. The van der Waals surface area contributed by atoms with Crippen LogP contribution in [0.25, 0.3) is 0 Å². The minimum Gasteiger partial charge on any atom is -0.381 e. The lowest BCUT2D eigenvalue weighted by atomic mass is 10.0. The fraction of sp³-hybridized carbons (Fsp3) is 0.714. The molecule has 0 spiro atoms. The van der Waals surface area contributed by atoms with E-state index in [0.29, 0.717) is 11.8 Å². The van der Waals surface area contributed by atoms with E-state index in [2.05, 4.69) is 41.4 Å². The van der Waals surface area contributed by atoms with E-state index in [1.807, 2.05) is 0 Å². The molecule has 0 bridgehead atoms. The summed E-state index contributed by atoms with van der Waals surface area (Å²) < 4.78 is 5.40. The summed E-state index contributed by atoms with van der Waals surface area (Å²) in [6.45, 7) is 9.95. The van der Waals surface area contributed by atoms with Crippen LogP contribution in [-0.4, -0.2) is 36.3 Å². The normalized spacial score (nSPS) is 18.8. The molecule has 1 aliphatic heterocycles. The maximum absolute atomic E-state index is 5.40. The summed E-state index contributed by atoms with van der Waals surface area (Å²) in [7, 11) is 0. The average molecular weight is 264 g/mol. The summed E-state index contributed by atoms with van der Waals surface area (Å²) in [6, 6.07) is 0. The Balaban J connectivity index is 2.11. The van der Waals surface area contributed by atoms with Crippen molar-refractivity contribution < 1.29 is 4.74 Å². The average Bonchev–Trinajstić information content (AvgIpc) is 2.89. The van der Waals surface area contributed by atoms with E-state index in [1.54, 1.807) is 6.33 Å². The molecule has 2 heterocycles. The lowest BCUT2D eigenvalue weighted by Gasteiger charge is -2.18. The molecule has 5 nitrogen and oxygen atoms in total. The van der Waals surface area contributed by atoms with Gasteiger partial charge in [0.2, 0.25) is 0 Å². The van der Waals surface area contributed by atoms with E-state index in [1.165, 1.54) is 5.56 Å². The molecule has 0 radical (unpaired) electrons. The zero-order chi connectivity index (χ0) is 13.7. The second-order valence-corrected chi connectivity index (χ2v) is 5.28. The number of hydrogen-bond donors (Lipinski definition) is 2. The third-order valence-electron chi connectivity index (χ3n) is 3.39. The lowest BCUT2D eigenvalue weighted by molar-refractivity contribution is 0.187. The summed E-state index contributed by atoms with van der Waals surface area (Å²) in [5, 5.41) is 6.77. The second-order valence-electron chi connectivity index (χ2n) is 5.28. The van der Waals surface area contributed by atoms with Crippen LogP contribution in [-0.2, 0) is 4.74 Å². The molecule has 2 N–H and O–H groups in total. The van der Waals surface area contributed by atoms with Crippen molar-refractivity contribution in [3.63, 3.8) is 0 Å². The predicted octanol–water partition coefficient (Wildman–Crippen LogP) is 2.48. The summed E-state index contributed by atoms with van der Waals surface area (Å²) in [5.41, 5.74) is 1.17. The Kier molecular flexibility index (Phi) is 4.96. The van der Waals surface area contributed by atoms with Crippen molar-refractivity contribution in [3.8, 4) is 0 Å². The zero-order valence-corrected chi connectivity index (χ0v) is 12.1. The molecule has 2 rings (SSSR count). The van der Waals surface area contributed by atoms with Gasteiger partial charge in [-0.15, -0.1) is 0 Å². The number of rotatable bonds is 6. The molecular weight excluding hydrogens is 240 g/mol. The molecule has 1 aliphatic rings. The van der Waals surface area contributed by atoms with Gasteiger partial charge < -0.3 is 15.4 Å². The molecule has 0 amide bonds. The van der Waals surface area contributed by atoms with Gasteiger partial charge in [-0.05, 0) is 19.3 Å². The Morgan fingerprint density at radius 2 is 2.05 bits per heavy atom. The topological polar surface area (TPSA) is 59.1 Å². The molecule has 106 valence electrons. The monoisotopic (exact) mass is 264 g/mol. The Morgan fingerprint density at radius 1 is 1.32 bits per heavy atom. The fourth-order valence-corrected chi connectivity index (χ4v) is 2.38. The Hall–Kier alpha value is -1.36. The minimum atomic E-state index is 0.387. The lowest BCUT2D eigenvalue weighted by Crippen LogP contribution is -2.17. The Labute approximate surface area is 115 Å². The third kappa shape index (κ3) is 3.56. The first kappa shape index (κ1) is 14.1.